The lowest BCUT2D eigenvalue weighted by molar-refractivity contribution is 0.354. The highest BCUT2D eigenvalue weighted by Crippen LogP contribution is 2.33. The highest BCUT2D eigenvalue weighted by Gasteiger charge is 2.11. The molecule has 0 heterocycles. The summed E-state index contributed by atoms with van der Waals surface area (Å²) in [5.74, 6) is 1.03. The van der Waals surface area contributed by atoms with Crippen LogP contribution in [0, 0.1) is 12.7 Å². The molecule has 1 N–H and O–H groups in total. The van der Waals surface area contributed by atoms with Crippen LogP contribution in [0.25, 0.3) is 0 Å². The van der Waals surface area contributed by atoms with Crippen molar-refractivity contribution in [3.05, 3.63) is 51.7 Å². The first-order valence-corrected chi connectivity index (χ1v) is 7.25. The number of halogens is 2. The van der Waals surface area contributed by atoms with E-state index in [-0.39, 0.29) is 5.82 Å². The smallest absolute Gasteiger partial charge is 0.161 e. The molecule has 2 rings (SSSR count). The van der Waals surface area contributed by atoms with Gasteiger partial charge in [0.05, 0.1) is 19.9 Å². The Morgan fingerprint density at radius 2 is 1.81 bits per heavy atom. The SMILES string of the molecule is COc1cc(Br)c(CNc2c(C)cccc2F)cc1OC. The number of benzene rings is 2. The Morgan fingerprint density at radius 3 is 2.43 bits per heavy atom. The third-order valence-corrected chi connectivity index (χ3v) is 3.97. The predicted octanol–water partition coefficient (Wildman–Crippen LogP) is 4.53. The molecular formula is C16H17BrFNO2. The maximum atomic E-state index is 13.8. The first kappa shape index (κ1) is 15.6. The van der Waals surface area contributed by atoms with Crippen molar-refractivity contribution in [2.75, 3.05) is 19.5 Å². The van der Waals surface area contributed by atoms with Gasteiger partial charge in [-0.1, -0.05) is 28.1 Å². The monoisotopic (exact) mass is 353 g/mol. The molecule has 0 saturated heterocycles. The molecule has 0 saturated carbocycles. The Bertz CT molecular complexity index is 626. The molecule has 5 heteroatoms. The van der Waals surface area contributed by atoms with E-state index in [1.807, 2.05) is 25.1 Å². The second-order valence-electron chi connectivity index (χ2n) is 4.58. The van der Waals surface area contributed by atoms with Gasteiger partial charge < -0.3 is 14.8 Å². The van der Waals surface area contributed by atoms with E-state index < -0.39 is 0 Å². The van der Waals surface area contributed by atoms with Crippen molar-refractivity contribution in [3.63, 3.8) is 0 Å². The zero-order valence-electron chi connectivity index (χ0n) is 12.2. The van der Waals surface area contributed by atoms with Gasteiger partial charge in [0.25, 0.3) is 0 Å². The number of ether oxygens (including phenoxy) is 2. The van der Waals surface area contributed by atoms with Gasteiger partial charge in [-0.15, -0.1) is 0 Å². The zero-order chi connectivity index (χ0) is 15.4. The maximum absolute atomic E-state index is 13.8. The fourth-order valence-electron chi connectivity index (χ4n) is 2.07. The standard InChI is InChI=1S/C16H17BrFNO2/c1-10-5-4-6-13(18)16(10)19-9-11-7-14(20-2)15(21-3)8-12(11)17/h4-8,19H,9H2,1-3H3. The molecule has 0 amide bonds. The van der Waals surface area contributed by atoms with Gasteiger partial charge in [0.2, 0.25) is 0 Å². The van der Waals surface area contributed by atoms with Crippen LogP contribution in [0.4, 0.5) is 10.1 Å². The van der Waals surface area contributed by atoms with E-state index in [0.29, 0.717) is 23.7 Å². The van der Waals surface area contributed by atoms with E-state index in [4.69, 9.17) is 9.47 Å². The van der Waals surface area contributed by atoms with Crippen LogP contribution < -0.4 is 14.8 Å². The molecule has 0 aliphatic rings. The van der Waals surface area contributed by atoms with Crippen molar-refractivity contribution in [2.24, 2.45) is 0 Å². The van der Waals surface area contributed by atoms with Crippen molar-refractivity contribution in [3.8, 4) is 11.5 Å². The molecule has 0 aliphatic heterocycles. The summed E-state index contributed by atoms with van der Waals surface area (Å²) in [7, 11) is 3.18. The predicted molar refractivity (Wildman–Crippen MR) is 85.7 cm³/mol. The van der Waals surface area contributed by atoms with E-state index in [1.165, 1.54) is 6.07 Å². The van der Waals surface area contributed by atoms with Crippen LogP contribution in [0.3, 0.4) is 0 Å². The lowest BCUT2D eigenvalue weighted by atomic mass is 10.1. The zero-order valence-corrected chi connectivity index (χ0v) is 13.8. The molecule has 0 aliphatic carbocycles. The van der Waals surface area contributed by atoms with E-state index >= 15 is 0 Å². The first-order valence-electron chi connectivity index (χ1n) is 6.46. The van der Waals surface area contributed by atoms with Crippen LogP contribution in [0.2, 0.25) is 0 Å². The van der Waals surface area contributed by atoms with E-state index in [9.17, 15) is 4.39 Å². The number of aryl methyl sites for hydroxylation is 1. The van der Waals surface area contributed by atoms with Gasteiger partial charge in [-0.05, 0) is 36.2 Å². The van der Waals surface area contributed by atoms with Gasteiger partial charge in [0.1, 0.15) is 5.82 Å². The highest BCUT2D eigenvalue weighted by atomic mass is 79.9. The number of anilines is 1. The second kappa shape index (κ2) is 6.80. The van der Waals surface area contributed by atoms with E-state index in [2.05, 4.69) is 21.2 Å². The Kier molecular flexibility index (Phi) is 5.07. The summed E-state index contributed by atoms with van der Waals surface area (Å²) in [6.07, 6.45) is 0. The number of hydrogen-bond donors (Lipinski definition) is 1. The molecule has 21 heavy (non-hydrogen) atoms. The van der Waals surface area contributed by atoms with Crippen molar-refractivity contribution in [2.45, 2.75) is 13.5 Å². The van der Waals surface area contributed by atoms with Crippen molar-refractivity contribution < 1.29 is 13.9 Å². The molecule has 0 unspecified atom stereocenters. The molecule has 0 fully saturated rings. The van der Waals surface area contributed by atoms with Crippen LogP contribution in [-0.4, -0.2) is 14.2 Å². The maximum Gasteiger partial charge on any atom is 0.161 e. The Morgan fingerprint density at radius 1 is 1.14 bits per heavy atom. The van der Waals surface area contributed by atoms with Crippen LogP contribution in [0.5, 0.6) is 11.5 Å². The number of para-hydroxylation sites is 1. The number of hydrogen-bond acceptors (Lipinski definition) is 3. The lowest BCUT2D eigenvalue weighted by Gasteiger charge is -2.14. The average Bonchev–Trinajstić information content (AvgIpc) is 2.47. The first-order chi connectivity index (χ1) is 10.1. The van der Waals surface area contributed by atoms with Crippen molar-refractivity contribution in [1.29, 1.82) is 0 Å². The van der Waals surface area contributed by atoms with E-state index in [1.54, 1.807) is 20.3 Å². The molecule has 112 valence electrons. The number of nitrogens with one attached hydrogen (secondary N) is 1. The van der Waals surface area contributed by atoms with Crippen LogP contribution >= 0.6 is 15.9 Å². The lowest BCUT2D eigenvalue weighted by Crippen LogP contribution is -2.04. The summed E-state index contributed by atoms with van der Waals surface area (Å²) in [5.41, 5.74) is 2.33. The minimum atomic E-state index is -0.258. The quantitative estimate of drug-likeness (QED) is 0.856. The van der Waals surface area contributed by atoms with Gasteiger partial charge in [0.15, 0.2) is 11.5 Å². The molecule has 0 atom stereocenters. The van der Waals surface area contributed by atoms with Gasteiger partial charge in [0, 0.05) is 11.0 Å². The Labute approximate surface area is 132 Å². The van der Waals surface area contributed by atoms with E-state index in [0.717, 1.165) is 15.6 Å². The fraction of sp³-hybridized carbons (Fsp3) is 0.250. The minimum absolute atomic E-state index is 0.258. The second-order valence-corrected chi connectivity index (χ2v) is 5.44. The molecule has 0 spiro atoms. The van der Waals surface area contributed by atoms with Crippen LogP contribution in [0.1, 0.15) is 11.1 Å². The summed E-state index contributed by atoms with van der Waals surface area (Å²) < 4.78 is 25.2. The molecule has 0 radical (unpaired) electrons. The normalized spacial score (nSPS) is 10.3. The van der Waals surface area contributed by atoms with Crippen LogP contribution in [0.15, 0.2) is 34.8 Å². The average molecular weight is 354 g/mol. The highest BCUT2D eigenvalue weighted by molar-refractivity contribution is 9.10. The third kappa shape index (κ3) is 3.47. The summed E-state index contributed by atoms with van der Waals surface area (Å²) >= 11 is 3.49. The van der Waals surface area contributed by atoms with Gasteiger partial charge in [-0.25, -0.2) is 4.39 Å². The Balaban J connectivity index is 2.24. The van der Waals surface area contributed by atoms with Gasteiger partial charge in [-0.3, -0.25) is 0 Å². The fourth-order valence-corrected chi connectivity index (χ4v) is 2.53. The third-order valence-electron chi connectivity index (χ3n) is 3.23. The number of rotatable bonds is 5. The largest absolute Gasteiger partial charge is 0.493 e. The van der Waals surface area contributed by atoms with Crippen molar-refractivity contribution >= 4 is 21.6 Å². The van der Waals surface area contributed by atoms with Crippen molar-refractivity contribution in [1.82, 2.24) is 0 Å². The molecule has 0 bridgehead atoms. The summed E-state index contributed by atoms with van der Waals surface area (Å²) in [5, 5.41) is 3.13. The topological polar surface area (TPSA) is 30.5 Å². The minimum Gasteiger partial charge on any atom is -0.493 e. The summed E-state index contributed by atoms with van der Waals surface area (Å²) in [4.78, 5) is 0. The summed E-state index contributed by atoms with van der Waals surface area (Å²) in [6.45, 7) is 2.35. The Hall–Kier alpha value is -1.75. The van der Waals surface area contributed by atoms with Gasteiger partial charge in [-0.2, -0.15) is 0 Å². The van der Waals surface area contributed by atoms with Gasteiger partial charge >= 0.3 is 0 Å². The van der Waals surface area contributed by atoms with Crippen LogP contribution in [-0.2, 0) is 6.54 Å². The molecule has 2 aromatic rings. The molecule has 2 aromatic carbocycles. The number of methoxy groups -OCH3 is 2. The molecular weight excluding hydrogens is 337 g/mol. The molecule has 3 nitrogen and oxygen atoms in total. The molecule has 0 aromatic heterocycles. The summed E-state index contributed by atoms with van der Waals surface area (Å²) in [6, 6.07) is 8.71.